The van der Waals surface area contributed by atoms with Crippen molar-refractivity contribution in [3.05, 3.63) is 117 Å². The Morgan fingerprint density at radius 1 is 0.784 bits per heavy atom. The number of unbranched alkanes of at least 4 members (excludes halogenated alkanes) is 11. The molecule has 0 aliphatic rings. The lowest BCUT2D eigenvalue weighted by atomic mass is 10.0. The lowest BCUT2D eigenvalue weighted by Gasteiger charge is -2.19. The summed E-state index contributed by atoms with van der Waals surface area (Å²) in [5.41, 5.74) is 25.9. The minimum Gasteiger partial charge on any atom is -0.443 e. The van der Waals surface area contributed by atoms with Gasteiger partial charge in [0, 0.05) is 66.6 Å². The number of nitrogens with one attached hydrogen (secondary N) is 2. The number of ketones is 1. The van der Waals surface area contributed by atoms with Gasteiger partial charge in [-0.3, -0.25) is 14.3 Å². The molecule has 404 valence electrons. The first kappa shape index (κ1) is 63.5. The highest BCUT2D eigenvalue weighted by Gasteiger charge is 2.20. The van der Waals surface area contributed by atoms with Gasteiger partial charge in [-0.2, -0.15) is 0 Å². The van der Waals surface area contributed by atoms with Gasteiger partial charge in [0.05, 0.1) is 17.6 Å². The Labute approximate surface area is 446 Å². The van der Waals surface area contributed by atoms with Crippen LogP contribution in [0.2, 0.25) is 0 Å². The first-order valence-corrected chi connectivity index (χ1v) is 26.4. The molecule has 6 N–H and O–H groups in total. The topological polar surface area (TPSA) is 250 Å². The number of ether oxygens (including phenoxy) is 1. The van der Waals surface area contributed by atoms with E-state index in [1.165, 1.54) is 67.1 Å². The molecule has 0 saturated carbocycles. The summed E-state index contributed by atoms with van der Waals surface area (Å²) >= 11 is 0. The van der Waals surface area contributed by atoms with E-state index in [0.717, 1.165) is 113 Å². The van der Waals surface area contributed by atoms with E-state index < -0.39 is 11.7 Å². The maximum atomic E-state index is 12.5. The number of carbonyl (C=O) groups excluding carboxylic acids is 3. The van der Waals surface area contributed by atoms with Crippen molar-refractivity contribution < 1.29 is 19.1 Å². The first-order valence-electron chi connectivity index (χ1n) is 26.4. The van der Waals surface area contributed by atoms with E-state index in [1.54, 1.807) is 12.4 Å². The van der Waals surface area contributed by atoms with Crippen LogP contribution in [0.5, 0.6) is 0 Å². The number of aryl methyl sites for hydroxylation is 6. The number of rotatable bonds is 30. The average molecular weight is 1040 g/mol. The molecule has 74 heavy (non-hydrogen) atoms. The molecule has 0 aliphatic carbocycles. The third kappa shape index (κ3) is 27.4. The number of carbonyl (C=O) groups is 3. The fourth-order valence-electron chi connectivity index (χ4n) is 7.70. The molecule has 5 rings (SSSR count). The van der Waals surface area contributed by atoms with Crippen molar-refractivity contribution in [3.8, 4) is 12.3 Å². The zero-order valence-corrected chi connectivity index (χ0v) is 45.6. The molecule has 0 fully saturated rings. The Hall–Kier alpha value is -6.63. The molecule has 1 amide bonds. The number of hydrogen-bond donors (Lipinski definition) is 4. The molecule has 3 heterocycles. The molecule has 0 bridgehead atoms. The molecular formula is C56H84ClN13O4. The van der Waals surface area contributed by atoms with Gasteiger partial charge in [-0.05, 0) is 127 Å². The molecule has 5 aromatic rings. The highest BCUT2D eigenvalue weighted by molar-refractivity contribution is 5.96. The van der Waals surface area contributed by atoms with Gasteiger partial charge in [0.1, 0.15) is 5.60 Å². The fourth-order valence-corrected chi connectivity index (χ4v) is 7.70. The molecule has 0 atom stereocenters. The SMILES string of the molecule is C#CCCCCCc1cn(C(=O)OC(C)(C)C)c(N)n1.CCCCCCc1ccc(C(=O)CCCn2cc(CCCCCc3cnc(N)[nH]3)nn2)cc1.CCCCCCc1ccc(C(=O)NCCN=[N+]=[N-])cc1.Cl. The molecule has 0 aliphatic heterocycles. The Morgan fingerprint density at radius 3 is 1.95 bits per heavy atom. The normalized spacial score (nSPS) is 10.6. The minimum absolute atomic E-state index is 0. The van der Waals surface area contributed by atoms with Crippen molar-refractivity contribution in [1.82, 2.24) is 39.8 Å². The largest absolute Gasteiger partial charge is 0.443 e. The number of halogens is 1. The summed E-state index contributed by atoms with van der Waals surface area (Å²) in [5, 5.41) is 14.6. The Balaban J connectivity index is 0.000000399. The third-order valence-electron chi connectivity index (χ3n) is 11.7. The predicted molar refractivity (Wildman–Crippen MR) is 299 cm³/mol. The summed E-state index contributed by atoms with van der Waals surface area (Å²) in [7, 11) is 0. The summed E-state index contributed by atoms with van der Waals surface area (Å²) in [4.78, 5) is 50.1. The van der Waals surface area contributed by atoms with Crippen LogP contribution < -0.4 is 16.8 Å². The van der Waals surface area contributed by atoms with Gasteiger partial charge < -0.3 is 26.5 Å². The highest BCUT2D eigenvalue weighted by atomic mass is 35.5. The second-order valence-corrected chi connectivity index (χ2v) is 19.3. The fraction of sp³-hybridized carbons (Fsp3) is 0.554. The van der Waals surface area contributed by atoms with Crippen LogP contribution in [-0.2, 0) is 43.4 Å². The highest BCUT2D eigenvalue weighted by Crippen LogP contribution is 2.16. The van der Waals surface area contributed by atoms with E-state index >= 15 is 0 Å². The van der Waals surface area contributed by atoms with Gasteiger partial charge in [0.2, 0.25) is 5.95 Å². The summed E-state index contributed by atoms with van der Waals surface area (Å²) in [6.45, 7) is 11.2. The van der Waals surface area contributed by atoms with Crippen LogP contribution in [0.3, 0.4) is 0 Å². The summed E-state index contributed by atoms with van der Waals surface area (Å²) in [6, 6.07) is 15.9. The van der Waals surface area contributed by atoms with E-state index in [1.807, 2.05) is 68.0 Å². The lowest BCUT2D eigenvalue weighted by molar-refractivity contribution is 0.0540. The minimum atomic E-state index is -0.552. The van der Waals surface area contributed by atoms with Crippen molar-refractivity contribution in [2.45, 2.75) is 188 Å². The number of imidazole rings is 2. The third-order valence-corrected chi connectivity index (χ3v) is 11.7. The number of nitrogen functional groups attached to an aromatic ring is 2. The van der Waals surface area contributed by atoms with Crippen molar-refractivity contribution >= 4 is 42.1 Å². The number of aromatic nitrogens is 7. The quantitative estimate of drug-likeness (QED) is 0.00845. The van der Waals surface area contributed by atoms with E-state index in [2.05, 4.69) is 72.5 Å². The van der Waals surface area contributed by atoms with Gasteiger partial charge in [0.15, 0.2) is 11.7 Å². The maximum Gasteiger partial charge on any atom is 0.421 e. The predicted octanol–water partition coefficient (Wildman–Crippen LogP) is 12.6. The molecule has 0 unspecified atom stereocenters. The van der Waals surface area contributed by atoms with Gasteiger partial charge in [-0.25, -0.2) is 19.3 Å². The van der Waals surface area contributed by atoms with E-state index in [0.29, 0.717) is 24.5 Å². The Kier molecular flexibility index (Phi) is 31.9. The molecule has 18 heteroatoms. The van der Waals surface area contributed by atoms with Gasteiger partial charge in [0.25, 0.3) is 5.91 Å². The number of nitrogens with two attached hydrogens (primary N) is 2. The van der Waals surface area contributed by atoms with Crippen molar-refractivity contribution in [2.24, 2.45) is 5.11 Å². The van der Waals surface area contributed by atoms with E-state index in [9.17, 15) is 14.4 Å². The number of amides is 1. The van der Waals surface area contributed by atoms with Crippen molar-refractivity contribution in [1.29, 1.82) is 0 Å². The average Bonchev–Trinajstić information content (AvgIpc) is 4.12. The number of terminal acetylenes is 1. The molecular weight excluding hydrogens is 954 g/mol. The zero-order chi connectivity index (χ0) is 53.1. The second kappa shape index (κ2) is 37.2. The number of aromatic amines is 1. The number of azide groups is 1. The molecule has 0 radical (unpaired) electrons. The summed E-state index contributed by atoms with van der Waals surface area (Å²) in [6.07, 6.45) is 33.5. The smallest absolute Gasteiger partial charge is 0.421 e. The zero-order valence-electron chi connectivity index (χ0n) is 44.8. The van der Waals surface area contributed by atoms with Crippen molar-refractivity contribution in [3.63, 3.8) is 0 Å². The van der Waals surface area contributed by atoms with Crippen LogP contribution >= 0.6 is 12.4 Å². The first-order chi connectivity index (χ1) is 35.2. The van der Waals surface area contributed by atoms with E-state index in [4.69, 9.17) is 28.2 Å². The Morgan fingerprint density at radius 2 is 1.36 bits per heavy atom. The standard InChI is InChI=1S/C26H38N6O.C15H22N4O.C15H23N3O2.ClH/c1-2-3-4-6-10-21-14-16-22(17-15-21)25(33)13-9-18-32-20-24(30-31-32)12-8-5-7-11-23-19-28-26(27)29-23;1-2-3-4-5-6-13-7-9-14(10-8-13)15(20)17-11-12-18-19-16;1-5-6-7-8-9-10-12-11-18(13(16)17-12)14(19)20-15(2,3)4;/h14-17,19-20H,2-13,18H2,1H3,(H3,27,28,29);7-10H,2-6,11-12H2,1H3,(H,17,20);1,11H,6-10H2,2-4H3,(H2,16,17);1H. The molecule has 2 aromatic carbocycles. The second-order valence-electron chi connectivity index (χ2n) is 19.3. The molecule has 0 spiro atoms. The summed E-state index contributed by atoms with van der Waals surface area (Å²) < 4.78 is 8.37. The number of H-pyrrole nitrogens is 1. The van der Waals surface area contributed by atoms with Crippen LogP contribution in [0.25, 0.3) is 10.4 Å². The van der Waals surface area contributed by atoms with Crippen LogP contribution in [0.4, 0.5) is 16.7 Å². The number of nitrogens with zero attached hydrogens (tertiary/aromatic N) is 9. The van der Waals surface area contributed by atoms with Gasteiger partial charge in [-0.1, -0.05) is 112 Å². The monoisotopic (exact) mass is 1040 g/mol. The van der Waals surface area contributed by atoms with Crippen LogP contribution in [-0.4, -0.2) is 71.0 Å². The Bertz CT molecular complexity index is 2430. The van der Waals surface area contributed by atoms with Crippen LogP contribution in [0.15, 0.2) is 72.2 Å². The van der Waals surface area contributed by atoms with E-state index in [-0.39, 0.29) is 36.6 Å². The number of Topliss-reactive ketones (excluding diaryl/α,β-unsaturated/α-hetero) is 1. The molecule has 17 nitrogen and oxygen atoms in total. The molecule has 3 aromatic heterocycles. The van der Waals surface area contributed by atoms with Gasteiger partial charge in [-0.15, -0.1) is 29.8 Å². The summed E-state index contributed by atoms with van der Waals surface area (Å²) in [5.74, 6) is 3.33. The maximum absolute atomic E-state index is 12.5. The van der Waals surface area contributed by atoms with Crippen LogP contribution in [0.1, 0.15) is 193 Å². The molecule has 0 saturated heterocycles. The number of hydrogen-bond acceptors (Lipinski definition) is 11. The van der Waals surface area contributed by atoms with Crippen LogP contribution in [0, 0.1) is 12.3 Å². The van der Waals surface area contributed by atoms with Crippen molar-refractivity contribution in [2.75, 3.05) is 24.6 Å². The lowest BCUT2D eigenvalue weighted by Crippen LogP contribution is -2.27. The van der Waals surface area contributed by atoms with Gasteiger partial charge >= 0.3 is 6.09 Å². The number of anilines is 2. The number of benzene rings is 2.